The number of rotatable bonds is 3. The third kappa shape index (κ3) is 5.11. The van der Waals surface area contributed by atoms with Crippen LogP contribution in [0.25, 0.3) is 0 Å². The van der Waals surface area contributed by atoms with Gasteiger partial charge in [0.2, 0.25) is 0 Å². The van der Waals surface area contributed by atoms with Crippen molar-refractivity contribution in [3.63, 3.8) is 0 Å². The lowest BCUT2D eigenvalue weighted by molar-refractivity contribution is 0.168. The molecular formula is C12H15N3O4S. The molecule has 0 aromatic heterocycles. The van der Waals surface area contributed by atoms with Gasteiger partial charge < -0.3 is 14.8 Å². The van der Waals surface area contributed by atoms with Crippen LogP contribution < -0.4 is 16.0 Å². The maximum Gasteiger partial charge on any atom is 0.413 e. The topological polar surface area (TPSA) is 88.7 Å². The van der Waals surface area contributed by atoms with Gasteiger partial charge in [-0.2, -0.15) is 0 Å². The second-order valence-electron chi connectivity index (χ2n) is 3.46. The van der Waals surface area contributed by atoms with Crippen LogP contribution in [0.15, 0.2) is 24.3 Å². The first-order valence-electron chi connectivity index (χ1n) is 5.75. The molecular weight excluding hydrogens is 282 g/mol. The minimum atomic E-state index is -0.682. The van der Waals surface area contributed by atoms with Crippen LogP contribution in [-0.4, -0.2) is 31.0 Å². The molecule has 1 aromatic carbocycles. The Labute approximate surface area is 121 Å². The summed E-state index contributed by atoms with van der Waals surface area (Å²) in [5.41, 5.74) is 0.988. The van der Waals surface area contributed by atoms with Crippen molar-refractivity contribution >= 4 is 40.9 Å². The van der Waals surface area contributed by atoms with Gasteiger partial charge in [-0.15, -0.1) is 0 Å². The molecule has 0 unspecified atom stereocenters. The van der Waals surface area contributed by atoms with Crippen LogP contribution in [0, 0.1) is 0 Å². The number of carbonyl (C=O) groups excluding carboxylic acids is 2. The smallest absolute Gasteiger partial charge is 0.413 e. The lowest BCUT2D eigenvalue weighted by Gasteiger charge is -2.13. The average Bonchev–Trinajstić information content (AvgIpc) is 2.41. The summed E-state index contributed by atoms with van der Waals surface area (Å²) in [7, 11) is 1.23. The lowest BCUT2D eigenvalue weighted by atomic mass is 10.2. The molecule has 3 N–H and O–H groups in total. The summed E-state index contributed by atoms with van der Waals surface area (Å²) in [5.74, 6) is 0. The first-order valence-corrected chi connectivity index (χ1v) is 6.16. The van der Waals surface area contributed by atoms with Crippen molar-refractivity contribution in [3.8, 4) is 0 Å². The van der Waals surface area contributed by atoms with Gasteiger partial charge in [0.05, 0.1) is 25.1 Å². The Balaban J connectivity index is 2.72. The highest BCUT2D eigenvalue weighted by Crippen LogP contribution is 2.21. The van der Waals surface area contributed by atoms with Crippen molar-refractivity contribution in [3.05, 3.63) is 24.3 Å². The highest BCUT2D eigenvalue weighted by molar-refractivity contribution is 7.80. The normalized spacial score (nSPS) is 9.30. The quantitative estimate of drug-likeness (QED) is 0.742. The maximum absolute atomic E-state index is 11.4. The van der Waals surface area contributed by atoms with E-state index >= 15 is 0 Å². The lowest BCUT2D eigenvalue weighted by Crippen LogP contribution is -2.34. The first kappa shape index (κ1) is 15.7. The molecule has 2 amide bonds. The van der Waals surface area contributed by atoms with Crippen LogP contribution in [-0.2, 0) is 9.47 Å². The van der Waals surface area contributed by atoms with Gasteiger partial charge in [-0.25, -0.2) is 9.59 Å². The molecule has 20 heavy (non-hydrogen) atoms. The van der Waals surface area contributed by atoms with Gasteiger partial charge in [-0.1, -0.05) is 12.1 Å². The SMILES string of the molecule is CCOC(=O)Nc1ccccc1NC(=S)NC(=O)OC. The number of carbonyl (C=O) groups is 2. The summed E-state index contributed by atoms with van der Waals surface area (Å²) in [4.78, 5) is 22.4. The molecule has 1 aromatic rings. The molecule has 0 fully saturated rings. The Bertz CT molecular complexity index is 507. The van der Waals surface area contributed by atoms with Crippen molar-refractivity contribution in [2.75, 3.05) is 24.4 Å². The zero-order chi connectivity index (χ0) is 15.0. The van der Waals surface area contributed by atoms with Gasteiger partial charge in [-0.05, 0) is 31.3 Å². The fourth-order valence-corrected chi connectivity index (χ4v) is 1.47. The van der Waals surface area contributed by atoms with Gasteiger partial charge in [0.25, 0.3) is 0 Å². The van der Waals surface area contributed by atoms with Gasteiger partial charge in [0, 0.05) is 0 Å². The number of amides is 2. The van der Waals surface area contributed by atoms with E-state index in [0.29, 0.717) is 11.4 Å². The molecule has 0 heterocycles. The largest absolute Gasteiger partial charge is 0.453 e. The van der Waals surface area contributed by atoms with Crippen molar-refractivity contribution in [2.24, 2.45) is 0 Å². The van der Waals surface area contributed by atoms with Crippen LogP contribution in [0.1, 0.15) is 6.92 Å². The standard InChI is InChI=1S/C12H15N3O4S/c1-3-19-12(17)14-9-7-5-4-6-8(9)13-10(20)15-11(16)18-2/h4-7H,3H2,1-2H3,(H,14,17)(H2,13,15,16,20). The Morgan fingerprint density at radius 1 is 1.15 bits per heavy atom. The number of hydrogen-bond acceptors (Lipinski definition) is 5. The third-order valence-corrected chi connectivity index (χ3v) is 2.29. The molecule has 0 saturated heterocycles. The Morgan fingerprint density at radius 3 is 2.30 bits per heavy atom. The van der Waals surface area contributed by atoms with Crippen molar-refractivity contribution < 1.29 is 19.1 Å². The predicted octanol–water partition coefficient (Wildman–Crippen LogP) is 2.31. The summed E-state index contributed by atoms with van der Waals surface area (Å²) in [5, 5.41) is 7.68. The fraction of sp³-hybridized carbons (Fsp3) is 0.250. The summed E-state index contributed by atoms with van der Waals surface area (Å²) >= 11 is 4.94. The maximum atomic E-state index is 11.4. The third-order valence-electron chi connectivity index (χ3n) is 2.09. The van der Waals surface area contributed by atoms with E-state index < -0.39 is 12.2 Å². The number of para-hydroxylation sites is 2. The summed E-state index contributed by atoms with van der Waals surface area (Å²) in [6.45, 7) is 1.98. The zero-order valence-corrected chi connectivity index (χ0v) is 11.9. The van der Waals surface area contributed by atoms with E-state index in [4.69, 9.17) is 17.0 Å². The number of benzene rings is 1. The molecule has 108 valence electrons. The van der Waals surface area contributed by atoms with Crippen LogP contribution in [0.5, 0.6) is 0 Å². The van der Waals surface area contributed by atoms with E-state index in [1.807, 2.05) is 0 Å². The Morgan fingerprint density at radius 2 is 1.75 bits per heavy atom. The minimum absolute atomic E-state index is 0.0509. The monoisotopic (exact) mass is 297 g/mol. The number of methoxy groups -OCH3 is 1. The van der Waals surface area contributed by atoms with Gasteiger partial charge in [0.15, 0.2) is 5.11 Å². The van der Waals surface area contributed by atoms with Gasteiger partial charge in [0.1, 0.15) is 0 Å². The molecule has 0 aliphatic carbocycles. The number of alkyl carbamates (subject to hydrolysis) is 1. The van der Waals surface area contributed by atoms with E-state index in [9.17, 15) is 9.59 Å². The first-order chi connectivity index (χ1) is 9.56. The fourth-order valence-electron chi connectivity index (χ4n) is 1.28. The van der Waals surface area contributed by atoms with E-state index in [0.717, 1.165) is 0 Å². The summed E-state index contributed by atoms with van der Waals surface area (Å²) in [6.07, 6.45) is -1.26. The number of thiocarbonyl (C=S) groups is 1. The van der Waals surface area contributed by atoms with Crippen LogP contribution >= 0.6 is 12.2 Å². The Hall–Kier alpha value is -2.35. The van der Waals surface area contributed by atoms with Gasteiger partial charge in [-0.3, -0.25) is 10.6 Å². The number of hydrogen-bond donors (Lipinski definition) is 3. The summed E-state index contributed by atoms with van der Waals surface area (Å²) in [6, 6.07) is 6.84. The minimum Gasteiger partial charge on any atom is -0.453 e. The van der Waals surface area contributed by atoms with Crippen molar-refractivity contribution in [1.82, 2.24) is 5.32 Å². The second kappa shape index (κ2) is 7.95. The Kier molecular flexibility index (Phi) is 6.24. The molecule has 0 aliphatic heterocycles. The molecule has 0 bridgehead atoms. The second-order valence-corrected chi connectivity index (χ2v) is 3.87. The van der Waals surface area contributed by atoms with Crippen LogP contribution in [0.2, 0.25) is 0 Å². The predicted molar refractivity (Wildman–Crippen MR) is 78.8 cm³/mol. The molecule has 0 atom stereocenters. The highest BCUT2D eigenvalue weighted by atomic mass is 32.1. The zero-order valence-electron chi connectivity index (χ0n) is 11.1. The van der Waals surface area contributed by atoms with Crippen molar-refractivity contribution in [1.29, 1.82) is 0 Å². The van der Waals surface area contributed by atoms with Gasteiger partial charge >= 0.3 is 12.2 Å². The number of ether oxygens (including phenoxy) is 2. The van der Waals surface area contributed by atoms with E-state index in [1.54, 1.807) is 31.2 Å². The molecule has 1 rings (SSSR count). The van der Waals surface area contributed by atoms with E-state index in [-0.39, 0.29) is 11.7 Å². The molecule has 0 radical (unpaired) electrons. The van der Waals surface area contributed by atoms with Crippen LogP contribution in [0.3, 0.4) is 0 Å². The number of nitrogens with one attached hydrogen (secondary N) is 3. The molecule has 0 spiro atoms. The van der Waals surface area contributed by atoms with Crippen LogP contribution in [0.4, 0.5) is 21.0 Å². The summed E-state index contributed by atoms with van der Waals surface area (Å²) < 4.78 is 9.21. The molecule has 0 aliphatic rings. The van der Waals surface area contributed by atoms with E-state index in [2.05, 4.69) is 20.7 Å². The number of anilines is 2. The highest BCUT2D eigenvalue weighted by Gasteiger charge is 2.09. The van der Waals surface area contributed by atoms with Crippen molar-refractivity contribution in [2.45, 2.75) is 6.92 Å². The molecule has 8 heteroatoms. The van der Waals surface area contributed by atoms with E-state index in [1.165, 1.54) is 7.11 Å². The average molecular weight is 297 g/mol. The molecule has 7 nitrogen and oxygen atoms in total. The molecule has 0 saturated carbocycles.